The first-order chi connectivity index (χ1) is 13.2. The highest BCUT2D eigenvalue weighted by molar-refractivity contribution is 6.30. The molecule has 2 aliphatic rings. The molecule has 1 aromatic carbocycles. The molecular formula is C20H25ClN4O2. The van der Waals surface area contributed by atoms with E-state index in [1.807, 2.05) is 24.3 Å². The van der Waals surface area contributed by atoms with Crippen LogP contribution in [-0.2, 0) is 4.79 Å². The summed E-state index contributed by atoms with van der Waals surface area (Å²) >= 11 is 5.92. The van der Waals surface area contributed by atoms with Gasteiger partial charge in [0.25, 0.3) is 0 Å². The average Bonchev–Trinajstić information content (AvgIpc) is 3.20. The Kier molecular flexibility index (Phi) is 5.62. The van der Waals surface area contributed by atoms with Crippen LogP contribution in [-0.4, -0.2) is 35.2 Å². The predicted molar refractivity (Wildman–Crippen MR) is 105 cm³/mol. The second kappa shape index (κ2) is 8.30. The lowest BCUT2D eigenvalue weighted by molar-refractivity contribution is -0.126. The van der Waals surface area contributed by atoms with Crippen molar-refractivity contribution < 1.29 is 9.32 Å². The van der Waals surface area contributed by atoms with Crippen molar-refractivity contribution in [2.45, 2.75) is 51.0 Å². The minimum atomic E-state index is 0.0850. The van der Waals surface area contributed by atoms with Crippen molar-refractivity contribution in [3.8, 4) is 11.4 Å². The van der Waals surface area contributed by atoms with Crippen LogP contribution in [0.4, 0.5) is 6.01 Å². The molecule has 0 unspecified atom stereocenters. The molecule has 2 heterocycles. The van der Waals surface area contributed by atoms with Crippen LogP contribution in [0, 0.1) is 5.92 Å². The van der Waals surface area contributed by atoms with Crippen LogP contribution in [0.1, 0.15) is 44.9 Å². The summed E-state index contributed by atoms with van der Waals surface area (Å²) in [5, 5.41) is 8.00. The first kappa shape index (κ1) is 18.3. The Morgan fingerprint density at radius 1 is 1.07 bits per heavy atom. The van der Waals surface area contributed by atoms with Gasteiger partial charge in [0.15, 0.2) is 0 Å². The maximum atomic E-state index is 12.5. The number of anilines is 1. The van der Waals surface area contributed by atoms with E-state index in [-0.39, 0.29) is 11.8 Å². The zero-order chi connectivity index (χ0) is 18.6. The maximum Gasteiger partial charge on any atom is 0.324 e. The van der Waals surface area contributed by atoms with E-state index in [0.29, 0.717) is 22.9 Å². The number of carbonyl (C=O) groups is 1. The molecule has 1 saturated carbocycles. The van der Waals surface area contributed by atoms with E-state index in [9.17, 15) is 4.79 Å². The standard InChI is InChI=1S/C20H25ClN4O2/c21-16-8-6-14(7-9-16)18-23-20(27-24-18)25-12-10-15(11-13-25)19(26)22-17-4-2-1-3-5-17/h6-9,15,17H,1-5,10-13H2,(H,22,26). The number of nitrogens with one attached hydrogen (secondary N) is 1. The molecule has 0 bridgehead atoms. The number of hydrogen-bond donors (Lipinski definition) is 1. The first-order valence-electron chi connectivity index (χ1n) is 9.84. The first-order valence-corrected chi connectivity index (χ1v) is 10.2. The number of benzene rings is 1. The summed E-state index contributed by atoms with van der Waals surface area (Å²) in [5.41, 5.74) is 0.871. The van der Waals surface area contributed by atoms with Gasteiger partial charge in [0.1, 0.15) is 0 Å². The van der Waals surface area contributed by atoms with E-state index in [4.69, 9.17) is 16.1 Å². The van der Waals surface area contributed by atoms with Crippen LogP contribution >= 0.6 is 11.6 Å². The molecule has 1 saturated heterocycles. The van der Waals surface area contributed by atoms with E-state index in [1.165, 1.54) is 19.3 Å². The van der Waals surface area contributed by atoms with Gasteiger partial charge in [-0.2, -0.15) is 4.98 Å². The summed E-state index contributed by atoms with van der Waals surface area (Å²) in [4.78, 5) is 19.1. The predicted octanol–water partition coefficient (Wildman–Crippen LogP) is 4.06. The molecule has 4 rings (SSSR count). The van der Waals surface area contributed by atoms with Crippen molar-refractivity contribution in [1.82, 2.24) is 15.5 Å². The Hall–Kier alpha value is -2.08. The molecule has 0 atom stereocenters. The summed E-state index contributed by atoms with van der Waals surface area (Å²) < 4.78 is 5.44. The molecule has 0 spiro atoms. The highest BCUT2D eigenvalue weighted by Gasteiger charge is 2.29. The molecule has 1 aliphatic carbocycles. The van der Waals surface area contributed by atoms with E-state index >= 15 is 0 Å². The number of rotatable bonds is 4. The van der Waals surface area contributed by atoms with Gasteiger partial charge in [-0.1, -0.05) is 36.0 Å². The van der Waals surface area contributed by atoms with Gasteiger partial charge in [-0.25, -0.2) is 0 Å². The maximum absolute atomic E-state index is 12.5. The van der Waals surface area contributed by atoms with E-state index in [2.05, 4.69) is 20.4 Å². The molecule has 7 heteroatoms. The van der Waals surface area contributed by atoms with Crippen molar-refractivity contribution in [3.05, 3.63) is 29.3 Å². The number of nitrogens with zero attached hydrogens (tertiary/aromatic N) is 3. The molecule has 1 aliphatic heterocycles. The van der Waals surface area contributed by atoms with Gasteiger partial charge in [0.2, 0.25) is 11.7 Å². The fraction of sp³-hybridized carbons (Fsp3) is 0.550. The van der Waals surface area contributed by atoms with Crippen LogP contribution in [0.5, 0.6) is 0 Å². The van der Waals surface area contributed by atoms with Gasteiger partial charge in [-0.3, -0.25) is 4.79 Å². The Morgan fingerprint density at radius 2 is 1.78 bits per heavy atom. The second-order valence-electron chi connectivity index (χ2n) is 7.51. The molecule has 1 aromatic heterocycles. The van der Waals surface area contributed by atoms with Crippen molar-refractivity contribution in [3.63, 3.8) is 0 Å². The van der Waals surface area contributed by atoms with Crippen LogP contribution in [0.25, 0.3) is 11.4 Å². The minimum absolute atomic E-state index is 0.0850. The quantitative estimate of drug-likeness (QED) is 0.855. The zero-order valence-electron chi connectivity index (χ0n) is 15.4. The second-order valence-corrected chi connectivity index (χ2v) is 7.95. The molecule has 6 nitrogen and oxygen atoms in total. The van der Waals surface area contributed by atoms with Gasteiger partial charge in [0, 0.05) is 35.6 Å². The lowest BCUT2D eigenvalue weighted by Gasteiger charge is -2.31. The van der Waals surface area contributed by atoms with Gasteiger partial charge in [0.05, 0.1) is 0 Å². The van der Waals surface area contributed by atoms with Gasteiger partial charge < -0.3 is 14.7 Å². The Morgan fingerprint density at radius 3 is 2.48 bits per heavy atom. The highest BCUT2D eigenvalue weighted by atomic mass is 35.5. The Balaban J connectivity index is 1.31. The number of amides is 1. The summed E-state index contributed by atoms with van der Waals surface area (Å²) in [7, 11) is 0. The normalized spacial score (nSPS) is 19.2. The number of halogens is 1. The molecule has 1 N–H and O–H groups in total. The summed E-state index contributed by atoms with van der Waals surface area (Å²) in [6, 6.07) is 8.26. The van der Waals surface area contributed by atoms with Gasteiger partial charge >= 0.3 is 6.01 Å². The van der Waals surface area contributed by atoms with Crippen molar-refractivity contribution in [1.29, 1.82) is 0 Å². The molecule has 1 amide bonds. The van der Waals surface area contributed by atoms with Crippen LogP contribution in [0.15, 0.2) is 28.8 Å². The van der Waals surface area contributed by atoms with E-state index in [1.54, 1.807) is 0 Å². The summed E-state index contributed by atoms with van der Waals surface area (Å²) in [5.74, 6) is 0.856. The monoisotopic (exact) mass is 388 g/mol. The van der Waals surface area contributed by atoms with Crippen molar-refractivity contribution >= 4 is 23.5 Å². The lowest BCUT2D eigenvalue weighted by atomic mass is 9.92. The molecule has 27 heavy (non-hydrogen) atoms. The highest BCUT2D eigenvalue weighted by Crippen LogP contribution is 2.26. The summed E-state index contributed by atoms with van der Waals surface area (Å²) in [6.45, 7) is 1.51. The third-order valence-corrected chi connectivity index (χ3v) is 5.86. The fourth-order valence-corrected chi connectivity index (χ4v) is 4.09. The van der Waals surface area contributed by atoms with Gasteiger partial charge in [-0.05, 0) is 49.9 Å². The topological polar surface area (TPSA) is 71.3 Å². The number of piperidine rings is 1. The molecule has 0 radical (unpaired) electrons. The molecule has 144 valence electrons. The number of aromatic nitrogens is 2. The van der Waals surface area contributed by atoms with Crippen molar-refractivity contribution in [2.75, 3.05) is 18.0 Å². The Labute approximate surface area is 164 Å². The van der Waals surface area contributed by atoms with Crippen LogP contribution < -0.4 is 10.2 Å². The largest absolute Gasteiger partial charge is 0.353 e. The summed E-state index contributed by atoms with van der Waals surface area (Å²) in [6.07, 6.45) is 7.65. The average molecular weight is 389 g/mol. The Bertz CT molecular complexity index is 763. The van der Waals surface area contributed by atoms with E-state index in [0.717, 1.165) is 44.3 Å². The zero-order valence-corrected chi connectivity index (χ0v) is 16.1. The number of carbonyl (C=O) groups excluding carboxylic acids is 1. The molecule has 2 aromatic rings. The third kappa shape index (κ3) is 4.43. The number of hydrogen-bond acceptors (Lipinski definition) is 5. The fourth-order valence-electron chi connectivity index (χ4n) is 3.96. The lowest BCUT2D eigenvalue weighted by Crippen LogP contribution is -2.44. The van der Waals surface area contributed by atoms with Crippen LogP contribution in [0.2, 0.25) is 5.02 Å². The van der Waals surface area contributed by atoms with Crippen LogP contribution in [0.3, 0.4) is 0 Å². The van der Waals surface area contributed by atoms with Crippen molar-refractivity contribution in [2.24, 2.45) is 5.92 Å². The molecule has 2 fully saturated rings. The smallest absolute Gasteiger partial charge is 0.324 e. The molecular weight excluding hydrogens is 364 g/mol. The van der Waals surface area contributed by atoms with Gasteiger partial charge in [-0.15, -0.1) is 0 Å². The third-order valence-electron chi connectivity index (χ3n) is 5.61. The SMILES string of the molecule is O=C(NC1CCCCC1)C1CCN(c2nc(-c3ccc(Cl)cc3)no2)CC1. The minimum Gasteiger partial charge on any atom is -0.353 e. The van der Waals surface area contributed by atoms with E-state index < -0.39 is 0 Å².